The molecular formula is C18H19N5OS. The Kier molecular flexibility index (Phi) is 5.45. The van der Waals surface area contributed by atoms with Gasteiger partial charge in [0.05, 0.1) is 0 Å². The zero-order valence-corrected chi connectivity index (χ0v) is 15.0. The van der Waals surface area contributed by atoms with Crippen molar-refractivity contribution >= 4 is 23.4 Å². The Hall–Kier alpha value is -2.67. The molecule has 1 heterocycles. The molecule has 2 aromatic carbocycles. The summed E-state index contributed by atoms with van der Waals surface area (Å²) in [6.07, 6.45) is 0.453. The molecule has 0 saturated carbocycles. The molecule has 128 valence electrons. The minimum Gasteiger partial charge on any atom is -0.326 e. The van der Waals surface area contributed by atoms with Crippen molar-refractivity contribution in [3.05, 3.63) is 54.1 Å². The van der Waals surface area contributed by atoms with Gasteiger partial charge in [0.15, 0.2) is 5.82 Å². The fourth-order valence-electron chi connectivity index (χ4n) is 2.33. The standard InChI is InChI=1S/C18H19N5OS/c1-13-6-8-16(9-7-13)25-11-10-17(24)19-15-5-3-4-14(12-15)18-20-21-22-23(18)2/h3-9,12H,10-11H2,1-2H3,(H,19,24). The minimum atomic E-state index is -0.00662. The largest absolute Gasteiger partial charge is 0.326 e. The third-order valence-corrected chi connectivity index (χ3v) is 4.66. The van der Waals surface area contributed by atoms with Crippen molar-refractivity contribution in [1.82, 2.24) is 20.2 Å². The van der Waals surface area contributed by atoms with E-state index in [0.29, 0.717) is 12.2 Å². The minimum absolute atomic E-state index is 0.00662. The lowest BCUT2D eigenvalue weighted by atomic mass is 10.2. The fourth-order valence-corrected chi connectivity index (χ4v) is 3.18. The average molecular weight is 353 g/mol. The van der Waals surface area contributed by atoms with Crippen LogP contribution in [0, 0.1) is 6.92 Å². The molecule has 0 aliphatic rings. The van der Waals surface area contributed by atoms with Gasteiger partial charge in [-0.3, -0.25) is 4.79 Å². The highest BCUT2D eigenvalue weighted by Crippen LogP contribution is 2.21. The number of nitrogens with zero attached hydrogens (tertiary/aromatic N) is 4. The van der Waals surface area contributed by atoms with Crippen molar-refractivity contribution in [2.24, 2.45) is 7.05 Å². The van der Waals surface area contributed by atoms with Crippen LogP contribution in [0.4, 0.5) is 5.69 Å². The van der Waals surface area contributed by atoms with Crippen molar-refractivity contribution in [3.8, 4) is 11.4 Å². The number of thioether (sulfide) groups is 1. The molecule has 0 bridgehead atoms. The van der Waals surface area contributed by atoms with Crippen molar-refractivity contribution in [3.63, 3.8) is 0 Å². The fraction of sp³-hybridized carbons (Fsp3) is 0.222. The highest BCUT2D eigenvalue weighted by atomic mass is 32.2. The second-order valence-corrected chi connectivity index (χ2v) is 6.83. The van der Waals surface area contributed by atoms with E-state index in [4.69, 9.17) is 0 Å². The van der Waals surface area contributed by atoms with Gasteiger partial charge in [0.2, 0.25) is 5.91 Å². The van der Waals surface area contributed by atoms with Gasteiger partial charge in [-0.15, -0.1) is 16.9 Å². The van der Waals surface area contributed by atoms with Crippen LogP contribution in [0.5, 0.6) is 0 Å². The monoisotopic (exact) mass is 353 g/mol. The third-order valence-electron chi connectivity index (χ3n) is 3.64. The van der Waals surface area contributed by atoms with E-state index in [1.807, 2.05) is 24.3 Å². The smallest absolute Gasteiger partial charge is 0.225 e. The van der Waals surface area contributed by atoms with Gasteiger partial charge in [0, 0.05) is 35.4 Å². The molecule has 3 aromatic rings. The predicted octanol–water partition coefficient (Wildman–Crippen LogP) is 3.31. The zero-order valence-electron chi connectivity index (χ0n) is 14.1. The van der Waals surface area contributed by atoms with E-state index in [1.165, 1.54) is 10.5 Å². The Labute approximate surface area is 150 Å². The summed E-state index contributed by atoms with van der Waals surface area (Å²) in [7, 11) is 1.78. The number of hydrogen-bond donors (Lipinski definition) is 1. The Morgan fingerprint density at radius 1 is 1.20 bits per heavy atom. The van der Waals surface area contributed by atoms with Crippen LogP contribution in [0.2, 0.25) is 0 Å². The average Bonchev–Trinajstić information content (AvgIpc) is 3.03. The molecule has 1 amide bonds. The number of tetrazole rings is 1. The molecule has 0 spiro atoms. The molecule has 1 N–H and O–H groups in total. The summed E-state index contributed by atoms with van der Waals surface area (Å²) >= 11 is 1.68. The van der Waals surface area contributed by atoms with Gasteiger partial charge < -0.3 is 5.32 Å². The van der Waals surface area contributed by atoms with E-state index in [1.54, 1.807) is 23.5 Å². The molecule has 0 aliphatic carbocycles. The number of amides is 1. The number of rotatable bonds is 6. The summed E-state index contributed by atoms with van der Waals surface area (Å²) in [6, 6.07) is 15.8. The van der Waals surface area contributed by atoms with E-state index in [9.17, 15) is 4.79 Å². The number of aromatic nitrogens is 4. The summed E-state index contributed by atoms with van der Waals surface area (Å²) in [5.74, 6) is 1.39. The van der Waals surface area contributed by atoms with Gasteiger partial charge in [-0.05, 0) is 41.6 Å². The van der Waals surface area contributed by atoms with Gasteiger partial charge in [0.25, 0.3) is 0 Å². The number of carbonyl (C=O) groups excluding carboxylic acids is 1. The first-order valence-corrected chi connectivity index (χ1v) is 8.92. The molecule has 0 saturated heterocycles. The van der Waals surface area contributed by atoms with Gasteiger partial charge in [-0.2, -0.15) is 0 Å². The van der Waals surface area contributed by atoms with Crippen LogP contribution in [-0.2, 0) is 11.8 Å². The van der Waals surface area contributed by atoms with Gasteiger partial charge in [-0.1, -0.05) is 29.8 Å². The van der Waals surface area contributed by atoms with Crippen molar-refractivity contribution in [2.45, 2.75) is 18.2 Å². The van der Waals surface area contributed by atoms with Crippen molar-refractivity contribution in [2.75, 3.05) is 11.1 Å². The highest BCUT2D eigenvalue weighted by Gasteiger charge is 2.08. The van der Waals surface area contributed by atoms with E-state index >= 15 is 0 Å². The molecule has 3 rings (SSSR count). The van der Waals surface area contributed by atoms with Crippen molar-refractivity contribution in [1.29, 1.82) is 0 Å². The third kappa shape index (κ3) is 4.67. The lowest BCUT2D eigenvalue weighted by molar-refractivity contribution is -0.115. The predicted molar refractivity (Wildman–Crippen MR) is 99.4 cm³/mol. The lowest BCUT2D eigenvalue weighted by Gasteiger charge is -2.07. The number of carbonyl (C=O) groups is 1. The van der Waals surface area contributed by atoms with Crippen LogP contribution in [0.1, 0.15) is 12.0 Å². The number of benzene rings is 2. The van der Waals surface area contributed by atoms with Crippen LogP contribution < -0.4 is 5.32 Å². The molecule has 1 aromatic heterocycles. The molecule has 0 fully saturated rings. The first-order valence-electron chi connectivity index (χ1n) is 7.94. The topological polar surface area (TPSA) is 72.7 Å². The SMILES string of the molecule is Cc1ccc(SCCC(=O)Nc2cccc(-c3nnnn3C)c2)cc1. The molecular weight excluding hydrogens is 334 g/mol. The highest BCUT2D eigenvalue weighted by molar-refractivity contribution is 7.99. The molecule has 7 heteroatoms. The van der Waals surface area contributed by atoms with Crippen LogP contribution in [0.3, 0.4) is 0 Å². The zero-order chi connectivity index (χ0) is 17.6. The van der Waals surface area contributed by atoms with Crippen LogP contribution in [-0.4, -0.2) is 31.9 Å². The number of nitrogens with one attached hydrogen (secondary N) is 1. The lowest BCUT2D eigenvalue weighted by Crippen LogP contribution is -2.12. The first-order chi connectivity index (χ1) is 12.1. The summed E-state index contributed by atoms with van der Waals surface area (Å²) in [4.78, 5) is 13.3. The van der Waals surface area contributed by atoms with Crippen LogP contribution in [0.25, 0.3) is 11.4 Å². The van der Waals surface area contributed by atoms with Crippen LogP contribution >= 0.6 is 11.8 Å². The van der Waals surface area contributed by atoms with Gasteiger partial charge in [0.1, 0.15) is 0 Å². The molecule has 0 unspecified atom stereocenters. The Balaban J connectivity index is 1.54. The molecule has 6 nitrogen and oxygen atoms in total. The van der Waals surface area contributed by atoms with Crippen LogP contribution in [0.15, 0.2) is 53.4 Å². The molecule has 25 heavy (non-hydrogen) atoms. The second kappa shape index (κ2) is 7.94. The van der Waals surface area contributed by atoms with E-state index in [0.717, 1.165) is 17.0 Å². The van der Waals surface area contributed by atoms with Crippen molar-refractivity contribution < 1.29 is 4.79 Å². The first kappa shape index (κ1) is 17.2. The Morgan fingerprint density at radius 3 is 2.72 bits per heavy atom. The summed E-state index contributed by atoms with van der Waals surface area (Å²) in [6.45, 7) is 2.06. The maximum absolute atomic E-state index is 12.2. The summed E-state index contributed by atoms with van der Waals surface area (Å²) < 4.78 is 1.60. The van der Waals surface area contributed by atoms with Gasteiger partial charge >= 0.3 is 0 Å². The summed E-state index contributed by atoms with van der Waals surface area (Å²) in [5, 5.41) is 14.4. The normalized spacial score (nSPS) is 10.6. The van der Waals surface area contributed by atoms with E-state index < -0.39 is 0 Å². The second-order valence-electron chi connectivity index (χ2n) is 5.67. The number of anilines is 1. The number of hydrogen-bond acceptors (Lipinski definition) is 5. The Morgan fingerprint density at radius 2 is 2.00 bits per heavy atom. The molecule has 0 atom stereocenters. The summed E-state index contributed by atoms with van der Waals surface area (Å²) in [5.41, 5.74) is 2.84. The molecule has 0 aliphatic heterocycles. The van der Waals surface area contributed by atoms with E-state index in [2.05, 4.69) is 52.0 Å². The Bertz CT molecular complexity index is 860. The maximum atomic E-state index is 12.2. The molecule has 0 radical (unpaired) electrons. The quantitative estimate of drug-likeness (QED) is 0.688. The van der Waals surface area contributed by atoms with E-state index in [-0.39, 0.29) is 5.91 Å². The maximum Gasteiger partial charge on any atom is 0.225 e. The van der Waals surface area contributed by atoms with Gasteiger partial charge in [-0.25, -0.2) is 4.68 Å². The number of aryl methyl sites for hydroxylation is 2.